The van der Waals surface area contributed by atoms with Crippen LogP contribution in [0.2, 0.25) is 0 Å². The monoisotopic (exact) mass is 377 g/mol. The van der Waals surface area contributed by atoms with Gasteiger partial charge in [-0.3, -0.25) is 0 Å². The number of aromatic nitrogens is 2. The zero-order valence-electron chi connectivity index (χ0n) is 15.5. The molecule has 0 aliphatic heterocycles. The van der Waals surface area contributed by atoms with Crippen molar-refractivity contribution < 1.29 is 12.9 Å². The lowest BCUT2D eigenvalue weighted by Gasteiger charge is -2.21. The highest BCUT2D eigenvalue weighted by molar-refractivity contribution is 7.89. The Balaban J connectivity index is 1.85. The van der Waals surface area contributed by atoms with Crippen LogP contribution in [0.5, 0.6) is 0 Å². The van der Waals surface area contributed by atoms with Crippen LogP contribution in [0.15, 0.2) is 27.6 Å². The number of sulfonamides is 1. The summed E-state index contributed by atoms with van der Waals surface area (Å²) in [6.07, 6.45) is 8.24. The number of hydrogen-bond donors (Lipinski definition) is 1. The highest BCUT2D eigenvalue weighted by atomic mass is 32.2. The molecule has 1 fully saturated rings. The van der Waals surface area contributed by atoms with Crippen molar-refractivity contribution in [3.8, 4) is 11.4 Å². The van der Waals surface area contributed by atoms with Crippen LogP contribution >= 0.6 is 0 Å². The van der Waals surface area contributed by atoms with Crippen LogP contribution in [0, 0.1) is 6.92 Å². The Bertz CT molecular complexity index is 837. The SMILES string of the molecule is CCc1nc(-c2ccc(C)c(S(=O)(=O)NC3CCCCCCC3)c2)no1. The van der Waals surface area contributed by atoms with Crippen LogP contribution in [-0.2, 0) is 16.4 Å². The number of hydrogen-bond acceptors (Lipinski definition) is 5. The molecule has 0 atom stereocenters. The second-order valence-corrected chi connectivity index (χ2v) is 8.69. The summed E-state index contributed by atoms with van der Waals surface area (Å²) in [7, 11) is -3.58. The first-order valence-electron chi connectivity index (χ1n) is 9.45. The lowest BCUT2D eigenvalue weighted by Crippen LogP contribution is -2.35. The summed E-state index contributed by atoms with van der Waals surface area (Å²) in [5, 5.41) is 3.95. The van der Waals surface area contributed by atoms with E-state index in [1.165, 1.54) is 19.3 Å². The van der Waals surface area contributed by atoms with Crippen molar-refractivity contribution in [2.45, 2.75) is 76.2 Å². The van der Waals surface area contributed by atoms with E-state index in [9.17, 15) is 8.42 Å². The van der Waals surface area contributed by atoms with E-state index in [0.29, 0.717) is 34.2 Å². The topological polar surface area (TPSA) is 85.1 Å². The van der Waals surface area contributed by atoms with E-state index in [0.717, 1.165) is 25.7 Å². The minimum absolute atomic E-state index is 0.0141. The average molecular weight is 378 g/mol. The molecule has 1 saturated carbocycles. The van der Waals surface area contributed by atoms with Gasteiger partial charge >= 0.3 is 0 Å². The molecule has 0 amide bonds. The Kier molecular flexibility index (Phi) is 6.09. The molecular weight excluding hydrogens is 350 g/mol. The Morgan fingerprint density at radius 3 is 2.50 bits per heavy atom. The number of nitrogens with zero attached hydrogens (tertiary/aromatic N) is 2. The van der Waals surface area contributed by atoms with Crippen LogP contribution in [-0.4, -0.2) is 24.6 Å². The first-order chi connectivity index (χ1) is 12.5. The van der Waals surface area contributed by atoms with Gasteiger partial charge in [-0.05, 0) is 31.4 Å². The van der Waals surface area contributed by atoms with Crippen molar-refractivity contribution in [1.82, 2.24) is 14.9 Å². The first kappa shape index (κ1) is 19.0. The van der Waals surface area contributed by atoms with Gasteiger partial charge in [-0.25, -0.2) is 13.1 Å². The number of aryl methyl sites for hydroxylation is 2. The molecule has 3 rings (SSSR count). The van der Waals surface area contributed by atoms with Crippen molar-refractivity contribution in [1.29, 1.82) is 0 Å². The van der Waals surface area contributed by atoms with Crippen LogP contribution in [0.3, 0.4) is 0 Å². The van der Waals surface area contributed by atoms with Crippen LogP contribution < -0.4 is 4.72 Å². The fourth-order valence-electron chi connectivity index (χ4n) is 3.40. The molecule has 6 nitrogen and oxygen atoms in total. The van der Waals surface area contributed by atoms with E-state index in [4.69, 9.17) is 4.52 Å². The smallest absolute Gasteiger partial charge is 0.241 e. The maximum atomic E-state index is 13.0. The zero-order chi connectivity index (χ0) is 18.6. The quantitative estimate of drug-likeness (QED) is 0.851. The highest BCUT2D eigenvalue weighted by Crippen LogP contribution is 2.25. The lowest BCUT2D eigenvalue weighted by molar-refractivity contribution is 0.383. The molecule has 0 radical (unpaired) electrons. The number of rotatable bonds is 5. The van der Waals surface area contributed by atoms with E-state index < -0.39 is 10.0 Å². The van der Waals surface area contributed by atoms with Gasteiger partial charge in [-0.2, -0.15) is 4.98 Å². The standard InChI is InChI=1S/C19H27N3O3S/c1-3-18-20-19(21-25-18)15-12-11-14(2)17(13-15)26(23,24)22-16-9-7-5-4-6-8-10-16/h11-13,16,22H,3-10H2,1-2H3. The van der Waals surface area contributed by atoms with Crippen LogP contribution in [0.1, 0.15) is 63.3 Å². The maximum Gasteiger partial charge on any atom is 0.241 e. The minimum Gasteiger partial charge on any atom is -0.339 e. The maximum absolute atomic E-state index is 13.0. The van der Waals surface area contributed by atoms with Gasteiger partial charge in [0, 0.05) is 18.0 Å². The van der Waals surface area contributed by atoms with E-state index >= 15 is 0 Å². The van der Waals surface area contributed by atoms with Crippen molar-refractivity contribution in [3.05, 3.63) is 29.7 Å². The molecule has 0 bridgehead atoms. The first-order valence-corrected chi connectivity index (χ1v) is 10.9. The molecule has 1 aromatic heterocycles. The van der Waals surface area contributed by atoms with Gasteiger partial charge in [0.15, 0.2) is 0 Å². The van der Waals surface area contributed by atoms with Gasteiger partial charge in [0.1, 0.15) is 0 Å². The molecule has 1 heterocycles. The predicted octanol–water partition coefficient (Wildman–Crippen LogP) is 4.00. The second kappa shape index (κ2) is 8.31. The Hall–Kier alpha value is -1.73. The Labute approximate surface area is 155 Å². The summed E-state index contributed by atoms with van der Waals surface area (Å²) < 4.78 is 34.0. The van der Waals surface area contributed by atoms with Crippen LogP contribution in [0.25, 0.3) is 11.4 Å². The third-order valence-corrected chi connectivity index (χ3v) is 6.60. The van der Waals surface area contributed by atoms with Gasteiger partial charge in [0.2, 0.25) is 21.7 Å². The summed E-state index contributed by atoms with van der Waals surface area (Å²) in [4.78, 5) is 4.59. The summed E-state index contributed by atoms with van der Waals surface area (Å²) in [6.45, 7) is 3.74. The summed E-state index contributed by atoms with van der Waals surface area (Å²) >= 11 is 0. The molecule has 1 aliphatic carbocycles. The van der Waals surface area contributed by atoms with Gasteiger partial charge in [0.25, 0.3) is 0 Å². The molecule has 7 heteroatoms. The van der Waals surface area contributed by atoms with E-state index in [-0.39, 0.29) is 6.04 Å². The second-order valence-electron chi connectivity index (χ2n) is 7.01. The van der Waals surface area contributed by atoms with E-state index in [1.54, 1.807) is 12.1 Å². The van der Waals surface area contributed by atoms with Crippen molar-refractivity contribution in [3.63, 3.8) is 0 Å². The lowest BCUT2D eigenvalue weighted by atomic mass is 9.97. The molecular formula is C19H27N3O3S. The van der Waals surface area contributed by atoms with Crippen LogP contribution in [0.4, 0.5) is 0 Å². The molecule has 26 heavy (non-hydrogen) atoms. The fourth-order valence-corrected chi connectivity index (χ4v) is 4.98. The molecule has 1 aromatic carbocycles. The van der Waals surface area contributed by atoms with Crippen molar-refractivity contribution in [2.75, 3.05) is 0 Å². The van der Waals surface area contributed by atoms with Gasteiger partial charge in [-0.15, -0.1) is 0 Å². The summed E-state index contributed by atoms with van der Waals surface area (Å²) in [5.41, 5.74) is 1.36. The normalized spacial score (nSPS) is 17.0. The number of nitrogens with one attached hydrogen (secondary N) is 1. The molecule has 0 saturated heterocycles. The Morgan fingerprint density at radius 2 is 1.85 bits per heavy atom. The highest BCUT2D eigenvalue weighted by Gasteiger charge is 2.23. The van der Waals surface area contributed by atoms with E-state index in [2.05, 4.69) is 14.9 Å². The fraction of sp³-hybridized carbons (Fsp3) is 0.579. The van der Waals surface area contributed by atoms with Gasteiger partial charge in [-0.1, -0.05) is 56.3 Å². The van der Waals surface area contributed by atoms with Crippen molar-refractivity contribution in [2.24, 2.45) is 0 Å². The Morgan fingerprint density at radius 1 is 1.15 bits per heavy atom. The largest absolute Gasteiger partial charge is 0.339 e. The number of benzene rings is 1. The summed E-state index contributed by atoms with van der Waals surface area (Å²) in [5.74, 6) is 0.960. The molecule has 0 spiro atoms. The predicted molar refractivity (Wildman–Crippen MR) is 100 cm³/mol. The molecule has 142 valence electrons. The van der Waals surface area contributed by atoms with Gasteiger partial charge in [0.05, 0.1) is 4.90 Å². The van der Waals surface area contributed by atoms with E-state index in [1.807, 2.05) is 19.9 Å². The molecule has 1 aliphatic rings. The van der Waals surface area contributed by atoms with Crippen molar-refractivity contribution >= 4 is 10.0 Å². The minimum atomic E-state index is -3.58. The third-order valence-electron chi connectivity index (χ3n) is 4.93. The molecule has 1 N–H and O–H groups in total. The molecule has 2 aromatic rings. The average Bonchev–Trinajstić information content (AvgIpc) is 3.06. The molecule has 0 unspecified atom stereocenters. The third kappa shape index (κ3) is 4.51. The van der Waals surface area contributed by atoms with Gasteiger partial charge < -0.3 is 4.52 Å². The zero-order valence-corrected chi connectivity index (χ0v) is 16.3. The summed E-state index contributed by atoms with van der Waals surface area (Å²) in [6, 6.07) is 5.28.